The third-order valence-electron chi connectivity index (χ3n) is 5.77. The van der Waals surface area contributed by atoms with Crippen LogP contribution in [0.25, 0.3) is 0 Å². The highest BCUT2D eigenvalue weighted by atomic mass is 19.4. The number of aliphatic hydroxyl groups excluding tert-OH is 1. The molecule has 1 N–H and O–H groups in total. The number of ketones is 1. The van der Waals surface area contributed by atoms with Gasteiger partial charge < -0.3 is 10.0 Å². The van der Waals surface area contributed by atoms with E-state index in [1.54, 1.807) is 30.3 Å². The lowest BCUT2D eigenvalue weighted by molar-refractivity contribution is -0.137. The van der Waals surface area contributed by atoms with Crippen LogP contribution in [0.1, 0.15) is 42.2 Å². The van der Waals surface area contributed by atoms with Crippen molar-refractivity contribution in [2.45, 2.75) is 12.3 Å². The highest BCUT2D eigenvalue weighted by Crippen LogP contribution is 2.34. The van der Waals surface area contributed by atoms with Crippen LogP contribution in [0.15, 0.2) is 72.8 Å². The largest absolute Gasteiger partial charge is 0.416 e. The van der Waals surface area contributed by atoms with Crippen molar-refractivity contribution in [3.05, 3.63) is 101 Å². The summed E-state index contributed by atoms with van der Waals surface area (Å²) in [5.74, 6) is -1.66. The molecule has 0 saturated carbocycles. The predicted molar refractivity (Wildman–Crippen MR) is 122 cm³/mol. The SMILES string of the molecule is CN(CC(O)CN1C(=O)c2ccccc2C1=O)c1ccc(C(F)(F)F)cc1C(=O)c1ccccc1. The summed E-state index contributed by atoms with van der Waals surface area (Å²) in [6.45, 7) is -0.451. The average Bonchev–Trinajstić information content (AvgIpc) is 3.08. The highest BCUT2D eigenvalue weighted by molar-refractivity contribution is 6.21. The Labute approximate surface area is 199 Å². The normalized spacial score (nSPS) is 14.1. The molecule has 4 rings (SSSR count). The number of aliphatic hydroxyl groups is 1. The van der Waals surface area contributed by atoms with E-state index in [2.05, 4.69) is 0 Å². The van der Waals surface area contributed by atoms with E-state index < -0.39 is 35.4 Å². The zero-order chi connectivity index (χ0) is 25.3. The lowest BCUT2D eigenvalue weighted by atomic mass is 9.98. The summed E-state index contributed by atoms with van der Waals surface area (Å²) in [5, 5.41) is 10.6. The first kappa shape index (κ1) is 24.2. The molecule has 1 aliphatic heterocycles. The second-order valence-corrected chi connectivity index (χ2v) is 8.23. The van der Waals surface area contributed by atoms with E-state index in [1.165, 1.54) is 42.3 Å². The summed E-state index contributed by atoms with van der Waals surface area (Å²) in [6, 6.07) is 17.1. The van der Waals surface area contributed by atoms with E-state index in [-0.39, 0.29) is 41.0 Å². The standard InChI is InChI=1S/C26H21F3N2O4/c1-30(14-18(32)15-31-24(34)19-9-5-6-10-20(19)25(31)35)22-12-11-17(26(27,28)29)13-21(22)23(33)16-7-3-2-4-8-16/h2-13,18,32H,14-15H2,1H3. The Morgan fingerprint density at radius 3 is 2.09 bits per heavy atom. The lowest BCUT2D eigenvalue weighted by Crippen LogP contribution is -2.42. The Bertz CT molecular complexity index is 1260. The van der Waals surface area contributed by atoms with Crippen LogP contribution >= 0.6 is 0 Å². The van der Waals surface area contributed by atoms with Crippen LogP contribution in [0, 0.1) is 0 Å². The fourth-order valence-electron chi connectivity index (χ4n) is 4.06. The number of carbonyl (C=O) groups is 3. The number of fused-ring (bicyclic) bond motifs is 1. The van der Waals surface area contributed by atoms with Crippen LogP contribution in [0.3, 0.4) is 0 Å². The molecule has 3 aromatic carbocycles. The number of likely N-dealkylation sites (N-methyl/N-ethyl adjacent to an activating group) is 1. The Balaban J connectivity index is 1.57. The predicted octanol–water partition coefficient (Wildman–Crippen LogP) is 4.03. The van der Waals surface area contributed by atoms with E-state index in [0.29, 0.717) is 0 Å². The summed E-state index contributed by atoms with van der Waals surface area (Å²) in [7, 11) is 1.51. The Morgan fingerprint density at radius 2 is 1.51 bits per heavy atom. The van der Waals surface area contributed by atoms with Gasteiger partial charge in [0.2, 0.25) is 0 Å². The second-order valence-electron chi connectivity index (χ2n) is 8.23. The van der Waals surface area contributed by atoms with Crippen molar-refractivity contribution in [3.8, 4) is 0 Å². The molecular formula is C26H21F3N2O4. The van der Waals surface area contributed by atoms with Crippen molar-refractivity contribution in [1.29, 1.82) is 0 Å². The highest BCUT2D eigenvalue weighted by Gasteiger charge is 2.36. The number of carbonyl (C=O) groups excluding carboxylic acids is 3. The summed E-state index contributed by atoms with van der Waals surface area (Å²) in [5.41, 5.74) is -0.267. The third kappa shape index (κ3) is 4.81. The number of benzene rings is 3. The Hall–Kier alpha value is -3.98. The minimum atomic E-state index is -4.65. The first-order valence-electron chi connectivity index (χ1n) is 10.7. The zero-order valence-corrected chi connectivity index (χ0v) is 18.6. The number of alkyl halides is 3. The molecule has 6 nitrogen and oxygen atoms in total. The molecule has 2 amide bonds. The molecule has 1 unspecified atom stereocenters. The van der Waals surface area contributed by atoms with Gasteiger partial charge in [0.05, 0.1) is 29.3 Å². The number of nitrogens with zero attached hydrogens (tertiary/aromatic N) is 2. The van der Waals surface area contributed by atoms with Gasteiger partial charge in [0, 0.05) is 30.4 Å². The van der Waals surface area contributed by atoms with Crippen LogP contribution in [0.2, 0.25) is 0 Å². The van der Waals surface area contributed by atoms with E-state index in [0.717, 1.165) is 17.0 Å². The first-order valence-corrected chi connectivity index (χ1v) is 10.7. The zero-order valence-electron chi connectivity index (χ0n) is 18.6. The molecule has 35 heavy (non-hydrogen) atoms. The number of β-amino-alcohol motifs (C(OH)–C–C–N with tert-alkyl or cyclic N) is 1. The van der Waals surface area contributed by atoms with Crippen molar-refractivity contribution in [2.24, 2.45) is 0 Å². The molecule has 0 saturated heterocycles. The third-order valence-corrected chi connectivity index (χ3v) is 5.77. The van der Waals surface area contributed by atoms with E-state index in [1.807, 2.05) is 0 Å². The van der Waals surface area contributed by atoms with Crippen molar-refractivity contribution < 1.29 is 32.7 Å². The molecule has 0 aromatic heterocycles. The molecular weight excluding hydrogens is 461 g/mol. The van der Waals surface area contributed by atoms with Gasteiger partial charge in [0.25, 0.3) is 11.8 Å². The van der Waals surface area contributed by atoms with Crippen molar-refractivity contribution >= 4 is 23.3 Å². The Morgan fingerprint density at radius 1 is 0.943 bits per heavy atom. The maximum atomic E-state index is 13.4. The number of rotatable bonds is 7. The van der Waals surface area contributed by atoms with E-state index in [9.17, 15) is 32.7 Å². The molecule has 9 heteroatoms. The van der Waals surface area contributed by atoms with Gasteiger partial charge >= 0.3 is 6.18 Å². The van der Waals surface area contributed by atoms with Gasteiger partial charge in [-0.1, -0.05) is 42.5 Å². The van der Waals surface area contributed by atoms with Crippen molar-refractivity contribution in [3.63, 3.8) is 0 Å². The fraction of sp³-hybridized carbons (Fsp3) is 0.192. The van der Waals surface area contributed by atoms with E-state index >= 15 is 0 Å². The van der Waals surface area contributed by atoms with E-state index in [4.69, 9.17) is 0 Å². The number of hydrogen-bond donors (Lipinski definition) is 1. The molecule has 0 bridgehead atoms. The van der Waals surface area contributed by atoms with Crippen molar-refractivity contribution in [2.75, 3.05) is 25.0 Å². The minimum absolute atomic E-state index is 0.145. The fourth-order valence-corrected chi connectivity index (χ4v) is 4.06. The van der Waals surface area contributed by atoms with Crippen LogP contribution in [0.5, 0.6) is 0 Å². The summed E-state index contributed by atoms with van der Waals surface area (Å²) in [6.07, 6.45) is -5.86. The molecule has 0 fully saturated rings. The van der Waals surface area contributed by atoms with Gasteiger partial charge in [-0.05, 0) is 30.3 Å². The van der Waals surface area contributed by atoms with Gasteiger partial charge in [-0.3, -0.25) is 19.3 Å². The maximum absolute atomic E-state index is 13.4. The van der Waals surface area contributed by atoms with Crippen LogP contribution in [-0.4, -0.2) is 53.8 Å². The van der Waals surface area contributed by atoms with Gasteiger partial charge in [-0.25, -0.2) is 0 Å². The number of hydrogen-bond acceptors (Lipinski definition) is 5. The molecule has 0 spiro atoms. The quantitative estimate of drug-likeness (QED) is 0.407. The molecule has 180 valence electrons. The second kappa shape index (κ2) is 9.34. The number of amides is 2. The molecule has 1 heterocycles. The van der Waals surface area contributed by atoms with Gasteiger partial charge in [0.1, 0.15) is 0 Å². The van der Waals surface area contributed by atoms with Crippen LogP contribution in [0.4, 0.5) is 18.9 Å². The summed E-state index contributed by atoms with van der Waals surface area (Å²) >= 11 is 0. The minimum Gasteiger partial charge on any atom is -0.389 e. The summed E-state index contributed by atoms with van der Waals surface area (Å²) < 4.78 is 40.1. The number of imide groups is 1. The van der Waals surface area contributed by atoms with Crippen molar-refractivity contribution in [1.82, 2.24) is 4.90 Å². The molecule has 1 atom stereocenters. The Kier molecular flexibility index (Phi) is 6.45. The van der Waals surface area contributed by atoms with Gasteiger partial charge in [-0.15, -0.1) is 0 Å². The molecule has 0 radical (unpaired) electrons. The van der Waals surface area contributed by atoms with Gasteiger partial charge in [0.15, 0.2) is 5.78 Å². The topological polar surface area (TPSA) is 77.9 Å². The number of anilines is 1. The first-order chi connectivity index (χ1) is 16.6. The average molecular weight is 482 g/mol. The lowest BCUT2D eigenvalue weighted by Gasteiger charge is -2.27. The van der Waals surface area contributed by atoms with Crippen LogP contribution < -0.4 is 4.90 Å². The monoisotopic (exact) mass is 482 g/mol. The number of halogens is 3. The van der Waals surface area contributed by atoms with Crippen LogP contribution in [-0.2, 0) is 6.18 Å². The molecule has 1 aliphatic rings. The molecule has 0 aliphatic carbocycles. The maximum Gasteiger partial charge on any atom is 0.416 e. The summed E-state index contributed by atoms with van der Waals surface area (Å²) in [4.78, 5) is 40.6. The smallest absolute Gasteiger partial charge is 0.389 e. The van der Waals surface area contributed by atoms with Gasteiger partial charge in [-0.2, -0.15) is 13.2 Å². The molecule has 3 aromatic rings.